The summed E-state index contributed by atoms with van der Waals surface area (Å²) in [5, 5.41) is 0. The molecule has 3 aliphatic rings. The molecule has 2 aliphatic carbocycles. The van der Waals surface area contributed by atoms with E-state index in [0.717, 1.165) is 11.5 Å². The molecule has 0 aromatic carbocycles. The van der Waals surface area contributed by atoms with Gasteiger partial charge in [0, 0.05) is 25.2 Å². The molecule has 2 atom stereocenters. The van der Waals surface area contributed by atoms with E-state index in [1.165, 1.54) is 58.0 Å². The molecule has 1 saturated heterocycles. The molecular formula is C12H22N2. The second kappa shape index (κ2) is 3.21. The van der Waals surface area contributed by atoms with Crippen LogP contribution in [0.1, 0.15) is 44.9 Å². The van der Waals surface area contributed by atoms with Gasteiger partial charge in [-0.1, -0.05) is 19.3 Å². The highest BCUT2D eigenvalue weighted by molar-refractivity contribution is 5.07. The van der Waals surface area contributed by atoms with Crippen molar-refractivity contribution in [2.45, 2.75) is 57.0 Å². The van der Waals surface area contributed by atoms with Crippen molar-refractivity contribution in [2.75, 3.05) is 13.1 Å². The lowest BCUT2D eigenvalue weighted by molar-refractivity contribution is 0.0224. The summed E-state index contributed by atoms with van der Waals surface area (Å²) in [5.74, 6) is 0. The first kappa shape index (κ1) is 9.17. The highest BCUT2D eigenvalue weighted by Crippen LogP contribution is 2.53. The Morgan fingerprint density at radius 2 is 1.71 bits per heavy atom. The Kier molecular flexibility index (Phi) is 2.10. The van der Waals surface area contributed by atoms with Crippen LogP contribution >= 0.6 is 0 Å². The van der Waals surface area contributed by atoms with Crippen molar-refractivity contribution >= 4 is 0 Å². The number of likely N-dealkylation sites (tertiary alicyclic amines) is 1. The molecule has 2 saturated carbocycles. The van der Waals surface area contributed by atoms with Crippen molar-refractivity contribution in [3.05, 3.63) is 0 Å². The van der Waals surface area contributed by atoms with Crippen molar-refractivity contribution < 1.29 is 0 Å². The molecule has 2 nitrogen and oxygen atoms in total. The number of rotatable bonds is 1. The third-order valence-corrected chi connectivity index (χ3v) is 4.53. The third-order valence-electron chi connectivity index (χ3n) is 4.53. The lowest BCUT2D eigenvalue weighted by Gasteiger charge is -2.47. The molecule has 1 aliphatic heterocycles. The van der Waals surface area contributed by atoms with E-state index in [0.29, 0.717) is 6.04 Å². The van der Waals surface area contributed by atoms with Crippen LogP contribution in [0, 0.1) is 5.41 Å². The van der Waals surface area contributed by atoms with Crippen LogP contribution in [0.4, 0.5) is 0 Å². The van der Waals surface area contributed by atoms with E-state index >= 15 is 0 Å². The molecule has 0 bridgehead atoms. The molecule has 2 N–H and O–H groups in total. The number of hydrogen-bond acceptors (Lipinski definition) is 2. The van der Waals surface area contributed by atoms with Gasteiger partial charge in [-0.05, 0) is 31.1 Å². The van der Waals surface area contributed by atoms with Gasteiger partial charge in [-0.2, -0.15) is 0 Å². The van der Waals surface area contributed by atoms with E-state index in [1.807, 2.05) is 0 Å². The highest BCUT2D eigenvalue weighted by Gasteiger charge is 2.54. The Hall–Kier alpha value is -0.0800. The van der Waals surface area contributed by atoms with Gasteiger partial charge in [-0.3, -0.25) is 4.90 Å². The fourth-order valence-electron chi connectivity index (χ4n) is 3.31. The summed E-state index contributed by atoms with van der Waals surface area (Å²) >= 11 is 0. The van der Waals surface area contributed by atoms with Gasteiger partial charge in [-0.25, -0.2) is 0 Å². The van der Waals surface area contributed by atoms with E-state index in [1.54, 1.807) is 0 Å². The van der Waals surface area contributed by atoms with Gasteiger partial charge < -0.3 is 5.73 Å². The van der Waals surface area contributed by atoms with Crippen molar-refractivity contribution in [1.82, 2.24) is 4.90 Å². The molecule has 0 aromatic heterocycles. The van der Waals surface area contributed by atoms with Crippen LogP contribution in [0.3, 0.4) is 0 Å². The fourth-order valence-corrected chi connectivity index (χ4v) is 3.31. The molecule has 2 heteroatoms. The molecule has 0 radical (unpaired) electrons. The molecule has 0 amide bonds. The number of nitrogens with two attached hydrogens (primary N) is 1. The second-order valence-corrected chi connectivity index (χ2v) is 5.77. The van der Waals surface area contributed by atoms with Gasteiger partial charge >= 0.3 is 0 Å². The first-order valence-electron chi connectivity index (χ1n) is 6.29. The predicted octanol–water partition coefficient (Wildman–Crippen LogP) is 1.74. The SMILES string of the molecule is NC1CCCCCC1N1CC2(CC2)C1. The van der Waals surface area contributed by atoms with Gasteiger partial charge in [0.05, 0.1) is 0 Å². The van der Waals surface area contributed by atoms with Crippen molar-refractivity contribution in [3.8, 4) is 0 Å². The van der Waals surface area contributed by atoms with Crippen LogP contribution in [-0.4, -0.2) is 30.1 Å². The average molecular weight is 194 g/mol. The molecule has 2 unspecified atom stereocenters. The van der Waals surface area contributed by atoms with Crippen LogP contribution in [0.5, 0.6) is 0 Å². The maximum atomic E-state index is 6.26. The maximum absolute atomic E-state index is 6.26. The van der Waals surface area contributed by atoms with Crippen molar-refractivity contribution in [3.63, 3.8) is 0 Å². The summed E-state index contributed by atoms with van der Waals surface area (Å²) in [5.41, 5.74) is 7.05. The largest absolute Gasteiger partial charge is 0.326 e. The lowest BCUT2D eigenvalue weighted by atomic mass is 9.90. The average Bonchev–Trinajstić information content (AvgIpc) is 2.86. The first-order chi connectivity index (χ1) is 6.79. The quantitative estimate of drug-likeness (QED) is 0.644. The molecule has 3 fully saturated rings. The topological polar surface area (TPSA) is 29.3 Å². The van der Waals surface area contributed by atoms with Crippen molar-refractivity contribution in [1.29, 1.82) is 0 Å². The Morgan fingerprint density at radius 1 is 1.00 bits per heavy atom. The summed E-state index contributed by atoms with van der Waals surface area (Å²) in [4.78, 5) is 2.67. The van der Waals surface area contributed by atoms with E-state index in [4.69, 9.17) is 5.73 Å². The smallest absolute Gasteiger partial charge is 0.0247 e. The van der Waals surface area contributed by atoms with Crippen LogP contribution in [0.15, 0.2) is 0 Å². The molecule has 1 spiro atoms. The molecule has 14 heavy (non-hydrogen) atoms. The normalized spacial score (nSPS) is 41.8. The Morgan fingerprint density at radius 3 is 2.43 bits per heavy atom. The van der Waals surface area contributed by atoms with Crippen LogP contribution in [-0.2, 0) is 0 Å². The summed E-state index contributed by atoms with van der Waals surface area (Å²) in [6, 6.07) is 1.19. The summed E-state index contributed by atoms with van der Waals surface area (Å²) in [7, 11) is 0. The van der Waals surface area contributed by atoms with E-state index in [2.05, 4.69) is 4.90 Å². The molecule has 0 aromatic rings. The predicted molar refractivity (Wildman–Crippen MR) is 58.1 cm³/mol. The minimum atomic E-state index is 0.466. The standard InChI is InChI=1S/C12H22N2/c13-10-4-2-1-3-5-11(10)14-8-12(9-14)6-7-12/h10-11H,1-9,13H2. The molecular weight excluding hydrogens is 172 g/mol. The maximum Gasteiger partial charge on any atom is 0.0247 e. The number of nitrogens with zero attached hydrogens (tertiary/aromatic N) is 1. The fraction of sp³-hybridized carbons (Fsp3) is 1.00. The Labute approximate surface area is 86.8 Å². The molecule has 80 valence electrons. The summed E-state index contributed by atoms with van der Waals surface area (Å²) < 4.78 is 0. The van der Waals surface area contributed by atoms with Gasteiger partial charge in [0.15, 0.2) is 0 Å². The zero-order chi connectivity index (χ0) is 9.60. The van der Waals surface area contributed by atoms with Crippen LogP contribution in [0.2, 0.25) is 0 Å². The summed E-state index contributed by atoms with van der Waals surface area (Å²) in [6.07, 6.45) is 9.77. The zero-order valence-electron chi connectivity index (χ0n) is 9.04. The van der Waals surface area contributed by atoms with Gasteiger partial charge in [0.1, 0.15) is 0 Å². The highest BCUT2D eigenvalue weighted by atomic mass is 15.3. The van der Waals surface area contributed by atoms with E-state index < -0.39 is 0 Å². The second-order valence-electron chi connectivity index (χ2n) is 5.77. The van der Waals surface area contributed by atoms with Crippen LogP contribution in [0.25, 0.3) is 0 Å². The van der Waals surface area contributed by atoms with Gasteiger partial charge in [0.25, 0.3) is 0 Å². The van der Waals surface area contributed by atoms with Crippen LogP contribution < -0.4 is 5.73 Å². The molecule has 3 rings (SSSR count). The minimum Gasteiger partial charge on any atom is -0.326 e. The Bertz CT molecular complexity index is 214. The zero-order valence-corrected chi connectivity index (χ0v) is 9.04. The lowest BCUT2D eigenvalue weighted by Crippen LogP contribution is -2.58. The van der Waals surface area contributed by atoms with E-state index in [9.17, 15) is 0 Å². The monoisotopic (exact) mass is 194 g/mol. The van der Waals surface area contributed by atoms with Crippen molar-refractivity contribution in [2.24, 2.45) is 11.1 Å². The van der Waals surface area contributed by atoms with E-state index in [-0.39, 0.29) is 0 Å². The van der Waals surface area contributed by atoms with Gasteiger partial charge in [0.2, 0.25) is 0 Å². The Balaban J connectivity index is 1.59. The number of hydrogen-bond donors (Lipinski definition) is 1. The van der Waals surface area contributed by atoms with Gasteiger partial charge in [-0.15, -0.1) is 0 Å². The third kappa shape index (κ3) is 1.49. The minimum absolute atomic E-state index is 0.466. The molecule has 1 heterocycles. The first-order valence-corrected chi connectivity index (χ1v) is 6.29. The summed E-state index contributed by atoms with van der Waals surface area (Å²) in [6.45, 7) is 2.73.